The number of likely N-dealkylation sites (N-methyl/N-ethyl adjacent to an activating group) is 1. The summed E-state index contributed by atoms with van der Waals surface area (Å²) in [6.07, 6.45) is 1.06. The second-order valence-electron chi connectivity index (χ2n) is 4.05. The largest absolute Gasteiger partial charge is 0.360 e. The number of nitrogens with zero attached hydrogens (tertiary/aromatic N) is 4. The Morgan fingerprint density at radius 1 is 1.41 bits per heavy atom. The third kappa shape index (κ3) is 2.85. The van der Waals surface area contributed by atoms with Gasteiger partial charge in [0.15, 0.2) is 0 Å². The fourth-order valence-electron chi connectivity index (χ4n) is 1.63. The van der Waals surface area contributed by atoms with Crippen molar-refractivity contribution in [1.82, 2.24) is 20.0 Å². The van der Waals surface area contributed by atoms with E-state index in [2.05, 4.69) is 22.4 Å². The third-order valence-corrected chi connectivity index (χ3v) is 3.49. The lowest BCUT2D eigenvalue weighted by Crippen LogP contribution is -2.28. The third-order valence-electron chi connectivity index (χ3n) is 2.62. The summed E-state index contributed by atoms with van der Waals surface area (Å²) in [5.41, 5.74) is 0. The molecule has 0 radical (unpaired) electrons. The highest BCUT2D eigenvalue weighted by atomic mass is 32.1. The molecule has 1 aromatic heterocycles. The summed E-state index contributed by atoms with van der Waals surface area (Å²) in [7, 11) is 1.82. The normalized spacial score (nSPS) is 15.8. The second kappa shape index (κ2) is 5.31. The van der Waals surface area contributed by atoms with Gasteiger partial charge in [0.1, 0.15) is 5.01 Å². The van der Waals surface area contributed by atoms with E-state index in [1.54, 1.807) is 9.80 Å². The number of amides is 2. The number of nitrogens with one attached hydrogen (secondary N) is 1. The number of carbonyl (C=O) groups is 1. The van der Waals surface area contributed by atoms with E-state index in [0.29, 0.717) is 6.54 Å². The molecule has 94 valence electrons. The molecular weight excluding hydrogens is 238 g/mol. The minimum atomic E-state index is 0.0725. The van der Waals surface area contributed by atoms with Crippen LogP contribution in [0.5, 0.6) is 0 Å². The van der Waals surface area contributed by atoms with E-state index in [-0.39, 0.29) is 6.03 Å². The van der Waals surface area contributed by atoms with Gasteiger partial charge in [-0.25, -0.2) is 4.79 Å². The molecule has 2 heterocycles. The van der Waals surface area contributed by atoms with Gasteiger partial charge < -0.3 is 15.1 Å². The molecule has 1 saturated heterocycles. The molecule has 0 bridgehead atoms. The Morgan fingerprint density at radius 2 is 2.24 bits per heavy atom. The Kier molecular flexibility index (Phi) is 3.78. The zero-order chi connectivity index (χ0) is 12.3. The van der Waals surface area contributed by atoms with E-state index < -0.39 is 0 Å². The highest BCUT2D eigenvalue weighted by molar-refractivity contribution is 7.15. The van der Waals surface area contributed by atoms with Crippen molar-refractivity contribution in [3.63, 3.8) is 0 Å². The molecule has 6 nitrogen and oxygen atoms in total. The number of hydrogen-bond acceptors (Lipinski definition) is 5. The number of urea groups is 1. The van der Waals surface area contributed by atoms with Gasteiger partial charge in [0.2, 0.25) is 5.13 Å². The Balaban J connectivity index is 1.90. The fourth-order valence-corrected chi connectivity index (χ4v) is 2.42. The number of hydrogen-bond donors (Lipinski definition) is 1. The van der Waals surface area contributed by atoms with Crippen molar-refractivity contribution in [2.24, 2.45) is 0 Å². The summed E-state index contributed by atoms with van der Waals surface area (Å²) in [4.78, 5) is 15.2. The summed E-state index contributed by atoms with van der Waals surface area (Å²) in [5, 5.41) is 13.0. The molecule has 1 aliphatic rings. The maximum atomic E-state index is 11.7. The van der Waals surface area contributed by atoms with Crippen molar-refractivity contribution >= 4 is 22.5 Å². The van der Waals surface area contributed by atoms with Crippen LogP contribution in [-0.4, -0.2) is 52.7 Å². The Bertz CT molecular complexity index is 394. The van der Waals surface area contributed by atoms with Crippen LogP contribution in [-0.2, 0) is 6.54 Å². The van der Waals surface area contributed by atoms with Crippen molar-refractivity contribution in [1.29, 1.82) is 0 Å². The highest BCUT2D eigenvalue weighted by Crippen LogP contribution is 2.18. The maximum Gasteiger partial charge on any atom is 0.320 e. The zero-order valence-corrected chi connectivity index (χ0v) is 11.0. The van der Waals surface area contributed by atoms with E-state index in [1.165, 1.54) is 11.3 Å². The average molecular weight is 255 g/mol. The van der Waals surface area contributed by atoms with Crippen molar-refractivity contribution in [2.75, 3.05) is 32.0 Å². The van der Waals surface area contributed by atoms with Gasteiger partial charge in [-0.2, -0.15) is 0 Å². The Labute approximate surface area is 105 Å². The van der Waals surface area contributed by atoms with Crippen LogP contribution in [0.1, 0.15) is 18.4 Å². The van der Waals surface area contributed by atoms with E-state index in [4.69, 9.17) is 0 Å². The monoisotopic (exact) mass is 255 g/mol. The van der Waals surface area contributed by atoms with Crippen LogP contribution < -0.4 is 5.32 Å². The molecule has 1 N–H and O–H groups in total. The minimum Gasteiger partial charge on any atom is -0.360 e. The van der Waals surface area contributed by atoms with Crippen LogP contribution >= 0.6 is 11.3 Å². The van der Waals surface area contributed by atoms with Gasteiger partial charge in [0.05, 0.1) is 6.54 Å². The molecule has 0 spiro atoms. The first-order valence-corrected chi connectivity index (χ1v) is 6.58. The first-order valence-electron chi connectivity index (χ1n) is 5.77. The molecular formula is C10H17N5OS. The van der Waals surface area contributed by atoms with Crippen molar-refractivity contribution < 1.29 is 4.79 Å². The molecule has 17 heavy (non-hydrogen) atoms. The maximum absolute atomic E-state index is 11.7. The van der Waals surface area contributed by atoms with Gasteiger partial charge >= 0.3 is 6.03 Å². The lowest BCUT2D eigenvalue weighted by atomic mass is 10.5. The molecule has 1 fully saturated rings. The second-order valence-corrected chi connectivity index (χ2v) is 5.12. The molecule has 0 unspecified atom stereocenters. The van der Waals surface area contributed by atoms with E-state index in [1.807, 2.05) is 7.05 Å². The number of carbonyl (C=O) groups excluding carboxylic acids is 1. The van der Waals surface area contributed by atoms with E-state index >= 15 is 0 Å². The quantitative estimate of drug-likeness (QED) is 0.859. The van der Waals surface area contributed by atoms with Gasteiger partial charge in [-0.1, -0.05) is 18.3 Å². The van der Waals surface area contributed by atoms with Gasteiger partial charge in [0, 0.05) is 26.7 Å². The fraction of sp³-hybridized carbons (Fsp3) is 0.700. The smallest absolute Gasteiger partial charge is 0.320 e. The summed E-state index contributed by atoms with van der Waals surface area (Å²) < 4.78 is 0. The molecule has 1 aromatic rings. The summed E-state index contributed by atoms with van der Waals surface area (Å²) >= 11 is 1.52. The molecule has 7 heteroatoms. The average Bonchev–Trinajstić information content (AvgIpc) is 2.89. The molecule has 1 aliphatic heterocycles. The van der Waals surface area contributed by atoms with Crippen molar-refractivity contribution in [3.05, 3.63) is 5.01 Å². The van der Waals surface area contributed by atoms with Gasteiger partial charge in [-0.3, -0.25) is 0 Å². The molecule has 0 aliphatic carbocycles. The molecule has 2 amide bonds. The molecule has 0 atom stereocenters. The van der Waals surface area contributed by atoms with Crippen molar-refractivity contribution in [2.45, 2.75) is 19.9 Å². The van der Waals surface area contributed by atoms with Crippen LogP contribution in [0, 0.1) is 0 Å². The van der Waals surface area contributed by atoms with Crippen molar-refractivity contribution in [3.8, 4) is 0 Å². The number of aromatic nitrogens is 2. The highest BCUT2D eigenvalue weighted by Gasteiger charge is 2.26. The number of anilines is 1. The van der Waals surface area contributed by atoms with Crippen LogP contribution in [0.3, 0.4) is 0 Å². The predicted molar refractivity (Wildman–Crippen MR) is 67.1 cm³/mol. The SMILES string of the molecule is CCCNc1nnc(CN2CCN(C)C2=O)s1. The molecule has 0 saturated carbocycles. The summed E-state index contributed by atoms with van der Waals surface area (Å²) in [6, 6.07) is 0.0725. The predicted octanol–water partition coefficient (Wildman–Crippen LogP) is 1.23. The summed E-state index contributed by atoms with van der Waals surface area (Å²) in [6.45, 7) is 5.13. The van der Waals surface area contributed by atoms with Crippen LogP contribution in [0.15, 0.2) is 0 Å². The molecule has 2 rings (SSSR count). The molecule has 0 aromatic carbocycles. The van der Waals surface area contributed by atoms with Crippen LogP contribution in [0.25, 0.3) is 0 Å². The standard InChI is InChI=1S/C10H17N5OS/c1-3-4-11-9-13-12-8(17-9)7-15-6-5-14(2)10(15)16/h3-7H2,1-2H3,(H,11,13). The lowest BCUT2D eigenvalue weighted by molar-refractivity contribution is 0.197. The van der Waals surface area contributed by atoms with Gasteiger partial charge in [-0.05, 0) is 6.42 Å². The van der Waals surface area contributed by atoms with Gasteiger partial charge in [0.25, 0.3) is 0 Å². The first kappa shape index (κ1) is 12.1. The number of rotatable bonds is 5. The van der Waals surface area contributed by atoms with Crippen LogP contribution in [0.2, 0.25) is 0 Å². The van der Waals surface area contributed by atoms with E-state index in [9.17, 15) is 4.79 Å². The minimum absolute atomic E-state index is 0.0725. The van der Waals surface area contributed by atoms with Crippen LogP contribution in [0.4, 0.5) is 9.93 Å². The lowest BCUT2D eigenvalue weighted by Gasteiger charge is -2.13. The van der Waals surface area contributed by atoms with E-state index in [0.717, 1.165) is 36.2 Å². The zero-order valence-electron chi connectivity index (χ0n) is 10.1. The summed E-state index contributed by atoms with van der Waals surface area (Å²) in [5.74, 6) is 0. The first-order chi connectivity index (χ1) is 8.20. The van der Waals surface area contributed by atoms with Gasteiger partial charge in [-0.15, -0.1) is 10.2 Å². The Hall–Kier alpha value is -1.37. The Morgan fingerprint density at radius 3 is 2.88 bits per heavy atom. The topological polar surface area (TPSA) is 61.4 Å².